The van der Waals surface area contributed by atoms with Crippen LogP contribution in [-0.2, 0) is 38.1 Å². The zero-order valence-corrected chi connectivity index (χ0v) is 27.7. The first-order valence-electron chi connectivity index (χ1n) is 14.6. The first kappa shape index (κ1) is 33.0. The van der Waals surface area contributed by atoms with Gasteiger partial charge >= 0.3 is 41.5 Å². The van der Waals surface area contributed by atoms with E-state index in [1.165, 1.54) is 0 Å². The molecule has 0 N–H and O–H groups in total. The SMILES string of the molecule is CC[C@@]1([C@@H]2O[C@@H]([C@H]3OC(=O)[C@H](C)C[C@@H]3C)C[C@@H]2C)CC[C@H]([C@]2(C)CC[C@H](CC(=O)C3=C([O-])/C(=C/Cl)OC3=O)O2)O1.[Na+]. The van der Waals surface area contributed by atoms with Crippen molar-refractivity contribution in [3.8, 4) is 0 Å². The molecular weight excluding hydrogens is 563 g/mol. The van der Waals surface area contributed by atoms with Gasteiger partial charge in [-0.05, 0) is 69.5 Å². The predicted octanol–water partition coefficient (Wildman–Crippen LogP) is 0.848. The first-order chi connectivity index (χ1) is 18.9. The summed E-state index contributed by atoms with van der Waals surface area (Å²) in [5.74, 6) is -2.44. The molecule has 0 radical (unpaired) electrons. The van der Waals surface area contributed by atoms with Crippen molar-refractivity contribution in [3.05, 3.63) is 22.6 Å². The van der Waals surface area contributed by atoms with E-state index < -0.39 is 40.4 Å². The maximum absolute atomic E-state index is 12.8. The smallest absolute Gasteiger partial charge is 0.869 e. The number of carbonyl (C=O) groups excluding carboxylic acids is 3. The van der Waals surface area contributed by atoms with Gasteiger partial charge in [0.2, 0.25) is 0 Å². The Kier molecular flexibility index (Phi) is 10.1. The normalized spacial score (nSPS) is 43.8. The van der Waals surface area contributed by atoms with Crippen LogP contribution < -0.4 is 34.7 Å². The van der Waals surface area contributed by atoms with E-state index in [9.17, 15) is 19.5 Å². The van der Waals surface area contributed by atoms with E-state index in [2.05, 4.69) is 20.8 Å². The summed E-state index contributed by atoms with van der Waals surface area (Å²) in [5.41, 5.74) is -0.727. The molecule has 5 aliphatic rings. The summed E-state index contributed by atoms with van der Waals surface area (Å²) >= 11 is 5.52. The largest absolute Gasteiger partial charge is 1.00 e. The number of Topliss-reactive ketones (excluding diaryl/α,β-unsaturated/α-hetero) is 1. The van der Waals surface area contributed by atoms with E-state index in [-0.39, 0.29) is 89.9 Å². The number of cyclic esters (lactones) is 2. The monoisotopic (exact) mass is 602 g/mol. The van der Waals surface area contributed by atoms with Crippen LogP contribution in [0.15, 0.2) is 22.6 Å². The minimum Gasteiger partial charge on any atom is -0.869 e. The Balaban J connectivity index is 0.00000387. The Morgan fingerprint density at radius 3 is 2.49 bits per heavy atom. The fourth-order valence-electron chi connectivity index (χ4n) is 7.56. The maximum Gasteiger partial charge on any atom is 1.00 e. The minimum atomic E-state index is -0.967. The summed E-state index contributed by atoms with van der Waals surface area (Å²) < 4.78 is 30.6. The summed E-state index contributed by atoms with van der Waals surface area (Å²) in [4.78, 5) is 37.2. The van der Waals surface area contributed by atoms with Gasteiger partial charge < -0.3 is 28.8 Å². The third-order valence-electron chi connectivity index (χ3n) is 9.80. The molecule has 0 unspecified atom stereocenters. The number of carbonyl (C=O) groups is 3. The van der Waals surface area contributed by atoms with Crippen molar-refractivity contribution in [2.24, 2.45) is 17.8 Å². The number of esters is 2. The van der Waals surface area contributed by atoms with Crippen molar-refractivity contribution in [2.75, 3.05) is 0 Å². The van der Waals surface area contributed by atoms with Gasteiger partial charge in [-0.15, -0.1) is 0 Å². The van der Waals surface area contributed by atoms with Gasteiger partial charge in [0.15, 0.2) is 5.78 Å². The summed E-state index contributed by atoms with van der Waals surface area (Å²) in [5, 5.41) is 12.3. The Labute approximate surface area is 268 Å². The molecule has 0 bridgehead atoms. The topological polar surface area (TPSA) is 120 Å². The zero-order chi connectivity index (χ0) is 29.0. The van der Waals surface area contributed by atoms with Gasteiger partial charge in [0, 0.05) is 12.0 Å². The van der Waals surface area contributed by atoms with Crippen LogP contribution in [0.1, 0.15) is 86.0 Å². The standard InChI is InChI=1S/C30H41ClO9.Na/c1-6-30(26-16(3)12-20(36-26)25-15(2)11-17(4)27(34)38-25)10-8-22(40-30)29(5)9-7-18(39-29)13-19(32)23-24(33)21(14-31)37-28(23)35;/h14-18,20,22,25-26,33H,6-13H2,1-5H3;/q;+1/p-1/b21-14-;/t15-,16-,17+,18+,20+,22+,25-,26+,29-,30-;/m0./s1. The molecule has 5 heterocycles. The van der Waals surface area contributed by atoms with Crippen molar-refractivity contribution in [1.82, 2.24) is 0 Å². The first-order valence-corrected chi connectivity index (χ1v) is 15.0. The van der Waals surface area contributed by atoms with Crippen LogP contribution in [0.4, 0.5) is 0 Å². The third kappa shape index (κ3) is 6.06. The number of hydrogen-bond donors (Lipinski definition) is 0. The molecule has 0 aromatic heterocycles. The molecule has 0 amide bonds. The quantitative estimate of drug-likeness (QED) is 0.237. The van der Waals surface area contributed by atoms with Crippen LogP contribution in [0, 0.1) is 17.8 Å². The summed E-state index contributed by atoms with van der Waals surface area (Å²) in [6.07, 6.45) is 4.07. The molecule has 11 heteroatoms. The molecule has 222 valence electrons. The van der Waals surface area contributed by atoms with Crippen LogP contribution >= 0.6 is 11.6 Å². The summed E-state index contributed by atoms with van der Waals surface area (Å²) in [6, 6.07) is 0. The Bertz CT molecular complexity index is 1120. The number of rotatable bonds is 7. The Hall–Kier alpha value is -0.940. The molecule has 10 atom stereocenters. The summed E-state index contributed by atoms with van der Waals surface area (Å²) in [7, 11) is 0. The second-order valence-electron chi connectivity index (χ2n) is 12.7. The minimum absolute atomic E-state index is 0. The predicted molar refractivity (Wildman–Crippen MR) is 142 cm³/mol. The molecular formula is C30H40ClNaO9. The van der Waals surface area contributed by atoms with Crippen LogP contribution in [0.2, 0.25) is 0 Å². The second kappa shape index (κ2) is 12.6. The zero-order valence-electron chi connectivity index (χ0n) is 24.9. The van der Waals surface area contributed by atoms with E-state index in [1.807, 2.05) is 13.8 Å². The van der Waals surface area contributed by atoms with Crippen LogP contribution in [0.3, 0.4) is 0 Å². The number of halogens is 1. The average Bonchev–Trinajstić information content (AvgIpc) is 3.67. The molecule has 0 saturated carbocycles. The average molecular weight is 603 g/mol. The summed E-state index contributed by atoms with van der Waals surface area (Å²) in [6.45, 7) is 10.4. The van der Waals surface area contributed by atoms with E-state index in [1.54, 1.807) is 0 Å². The van der Waals surface area contributed by atoms with E-state index in [4.69, 9.17) is 35.3 Å². The molecule has 0 aromatic carbocycles. The van der Waals surface area contributed by atoms with Gasteiger partial charge in [-0.3, -0.25) is 9.59 Å². The number of hydrogen-bond acceptors (Lipinski definition) is 9. The molecule has 9 nitrogen and oxygen atoms in total. The maximum atomic E-state index is 12.8. The molecule has 0 aromatic rings. The molecule has 5 aliphatic heterocycles. The molecule has 0 spiro atoms. The second-order valence-corrected chi connectivity index (χ2v) is 12.9. The van der Waals surface area contributed by atoms with Gasteiger partial charge in [-0.2, -0.15) is 0 Å². The van der Waals surface area contributed by atoms with Gasteiger partial charge in [0.05, 0.1) is 47.1 Å². The van der Waals surface area contributed by atoms with Gasteiger partial charge in [0.25, 0.3) is 0 Å². The fourth-order valence-corrected chi connectivity index (χ4v) is 7.70. The van der Waals surface area contributed by atoms with E-state index in [0.29, 0.717) is 12.8 Å². The van der Waals surface area contributed by atoms with Crippen molar-refractivity contribution in [3.63, 3.8) is 0 Å². The van der Waals surface area contributed by atoms with Crippen molar-refractivity contribution < 1.29 is 72.7 Å². The number of ketones is 1. The van der Waals surface area contributed by atoms with Crippen molar-refractivity contribution in [2.45, 2.75) is 128 Å². The molecule has 4 fully saturated rings. The van der Waals surface area contributed by atoms with Crippen molar-refractivity contribution in [1.29, 1.82) is 0 Å². The van der Waals surface area contributed by atoms with Crippen LogP contribution in [-0.4, -0.2) is 59.4 Å². The number of ether oxygens (including phenoxy) is 5. The fraction of sp³-hybridized carbons (Fsp3) is 0.767. The third-order valence-corrected chi connectivity index (χ3v) is 10.00. The molecule has 41 heavy (non-hydrogen) atoms. The van der Waals surface area contributed by atoms with Gasteiger partial charge in [-0.1, -0.05) is 39.3 Å². The molecule has 4 saturated heterocycles. The van der Waals surface area contributed by atoms with Crippen LogP contribution in [0.5, 0.6) is 0 Å². The van der Waals surface area contributed by atoms with Gasteiger partial charge in [-0.25, -0.2) is 4.79 Å². The van der Waals surface area contributed by atoms with Crippen molar-refractivity contribution >= 4 is 29.3 Å². The molecule has 5 rings (SSSR count). The Morgan fingerprint density at radius 2 is 1.83 bits per heavy atom. The van der Waals surface area contributed by atoms with Gasteiger partial charge in [0.1, 0.15) is 11.9 Å². The van der Waals surface area contributed by atoms with E-state index >= 15 is 0 Å². The molecule has 0 aliphatic carbocycles. The van der Waals surface area contributed by atoms with Crippen LogP contribution in [0.25, 0.3) is 0 Å². The Morgan fingerprint density at radius 1 is 1.10 bits per heavy atom. The van der Waals surface area contributed by atoms with E-state index in [0.717, 1.165) is 37.6 Å².